The number of esters is 1. The SMILES string of the molecule is CCOC(=O)C(C[C@@H](CNc1ccccc1)C(C)(C)C)P(=O)(OCC)OCC. The molecule has 0 amide bonds. The Balaban J connectivity index is 3.10. The summed E-state index contributed by atoms with van der Waals surface area (Å²) in [4.78, 5) is 12.7. The molecule has 6 nitrogen and oxygen atoms in total. The molecule has 0 aromatic heterocycles. The van der Waals surface area contributed by atoms with E-state index in [0.717, 1.165) is 5.69 Å². The molecule has 0 saturated carbocycles. The molecule has 0 fully saturated rings. The number of hydrogen-bond acceptors (Lipinski definition) is 6. The molecule has 0 aliphatic rings. The van der Waals surface area contributed by atoms with Gasteiger partial charge in [0.2, 0.25) is 0 Å². The van der Waals surface area contributed by atoms with Crippen molar-refractivity contribution in [2.45, 2.75) is 53.6 Å². The lowest BCUT2D eigenvalue weighted by atomic mass is 9.78. The van der Waals surface area contributed by atoms with Crippen molar-refractivity contribution in [3.8, 4) is 0 Å². The number of para-hydroxylation sites is 1. The second-order valence-corrected chi connectivity index (χ2v) is 9.91. The van der Waals surface area contributed by atoms with Crippen LogP contribution >= 0.6 is 7.60 Å². The van der Waals surface area contributed by atoms with Gasteiger partial charge in [-0.2, -0.15) is 0 Å². The van der Waals surface area contributed by atoms with Crippen molar-refractivity contribution in [1.29, 1.82) is 0 Å². The topological polar surface area (TPSA) is 73.9 Å². The van der Waals surface area contributed by atoms with Crippen molar-refractivity contribution in [3.05, 3.63) is 30.3 Å². The Labute approximate surface area is 169 Å². The second kappa shape index (κ2) is 11.6. The molecule has 1 rings (SSSR count). The Morgan fingerprint density at radius 3 is 2.07 bits per heavy atom. The molecule has 1 N–H and O–H groups in total. The van der Waals surface area contributed by atoms with E-state index in [1.165, 1.54) is 0 Å². The third-order valence-electron chi connectivity index (χ3n) is 4.62. The van der Waals surface area contributed by atoms with E-state index in [-0.39, 0.29) is 31.2 Å². The van der Waals surface area contributed by atoms with E-state index in [9.17, 15) is 9.36 Å². The van der Waals surface area contributed by atoms with Crippen LogP contribution < -0.4 is 5.32 Å². The summed E-state index contributed by atoms with van der Waals surface area (Å²) in [6, 6.07) is 9.88. The largest absolute Gasteiger partial charge is 0.465 e. The molecule has 1 aromatic carbocycles. The number of nitrogens with one attached hydrogen (secondary N) is 1. The van der Waals surface area contributed by atoms with Gasteiger partial charge in [0.1, 0.15) is 0 Å². The Morgan fingerprint density at radius 1 is 1.04 bits per heavy atom. The predicted octanol–water partition coefficient (Wildman–Crippen LogP) is 5.35. The summed E-state index contributed by atoms with van der Waals surface area (Å²) in [5.74, 6) is -0.488. The van der Waals surface area contributed by atoms with Gasteiger partial charge in [-0.25, -0.2) is 0 Å². The smallest absolute Gasteiger partial charge is 0.344 e. The third-order valence-corrected chi connectivity index (χ3v) is 7.04. The lowest BCUT2D eigenvalue weighted by Gasteiger charge is -2.35. The Hall–Kier alpha value is -1.36. The van der Waals surface area contributed by atoms with Crippen molar-refractivity contribution in [2.75, 3.05) is 31.7 Å². The van der Waals surface area contributed by atoms with Crippen molar-refractivity contribution >= 4 is 19.3 Å². The highest BCUT2D eigenvalue weighted by atomic mass is 31.2. The molecule has 0 heterocycles. The Morgan fingerprint density at radius 2 is 1.61 bits per heavy atom. The van der Waals surface area contributed by atoms with E-state index in [1.807, 2.05) is 30.3 Å². The molecule has 7 heteroatoms. The number of carbonyl (C=O) groups is 1. The van der Waals surface area contributed by atoms with Crippen LogP contribution in [0.1, 0.15) is 48.0 Å². The lowest BCUT2D eigenvalue weighted by molar-refractivity contribution is -0.143. The fourth-order valence-corrected chi connectivity index (χ4v) is 4.98. The summed E-state index contributed by atoms with van der Waals surface area (Å²) in [5.41, 5.74) is -0.0770. The van der Waals surface area contributed by atoms with Gasteiger partial charge in [-0.1, -0.05) is 39.0 Å². The van der Waals surface area contributed by atoms with Gasteiger partial charge in [0.15, 0.2) is 5.66 Å². The zero-order chi connectivity index (χ0) is 21.2. The quantitative estimate of drug-likeness (QED) is 0.368. The van der Waals surface area contributed by atoms with Gasteiger partial charge in [-0.15, -0.1) is 0 Å². The zero-order valence-corrected chi connectivity index (χ0v) is 19.0. The van der Waals surface area contributed by atoms with E-state index in [4.69, 9.17) is 13.8 Å². The summed E-state index contributed by atoms with van der Waals surface area (Å²) < 4.78 is 29.6. The second-order valence-electron chi connectivity index (χ2n) is 7.69. The lowest BCUT2D eigenvalue weighted by Crippen LogP contribution is -2.35. The first-order valence-corrected chi connectivity index (χ1v) is 11.6. The highest BCUT2D eigenvalue weighted by molar-refractivity contribution is 7.55. The summed E-state index contributed by atoms with van der Waals surface area (Å²) in [6.07, 6.45) is 0.347. The van der Waals surface area contributed by atoms with Gasteiger partial charge in [-0.05, 0) is 50.7 Å². The molecule has 1 unspecified atom stereocenters. The molecule has 0 bridgehead atoms. The normalized spacial score (nSPS) is 14.4. The van der Waals surface area contributed by atoms with E-state index in [1.54, 1.807) is 20.8 Å². The van der Waals surface area contributed by atoms with Crippen LogP contribution in [0.2, 0.25) is 0 Å². The highest BCUT2D eigenvalue weighted by Crippen LogP contribution is 2.56. The number of rotatable bonds is 12. The molecule has 160 valence electrons. The molecule has 28 heavy (non-hydrogen) atoms. The molecule has 1 aromatic rings. The first kappa shape index (κ1) is 24.7. The minimum Gasteiger partial charge on any atom is -0.465 e. The first-order valence-electron chi connectivity index (χ1n) is 10.0. The van der Waals surface area contributed by atoms with Crippen LogP contribution in [0, 0.1) is 11.3 Å². The minimum absolute atomic E-state index is 0.0383. The van der Waals surface area contributed by atoms with Crippen molar-refractivity contribution in [2.24, 2.45) is 11.3 Å². The highest BCUT2D eigenvalue weighted by Gasteiger charge is 2.45. The number of benzene rings is 1. The number of hydrogen-bond donors (Lipinski definition) is 1. The Kier molecular flexibility index (Phi) is 10.2. The van der Waals surface area contributed by atoms with Gasteiger partial charge in [0.25, 0.3) is 0 Å². The van der Waals surface area contributed by atoms with Crippen LogP contribution in [0.15, 0.2) is 30.3 Å². The maximum atomic E-state index is 13.4. The van der Waals surface area contributed by atoms with E-state index in [0.29, 0.717) is 13.0 Å². The molecular weight excluding hydrogens is 377 g/mol. The zero-order valence-electron chi connectivity index (χ0n) is 18.1. The van der Waals surface area contributed by atoms with Crippen LogP contribution in [0.4, 0.5) is 5.69 Å². The standard InChI is InChI=1S/C21H36NO5P/c1-7-25-20(23)19(28(24,26-8-2)27-9-3)15-17(21(4,5)6)16-22-18-13-11-10-12-14-18/h10-14,17,19,22H,7-9,15-16H2,1-6H3/t17-,19?/m0/s1. The van der Waals surface area contributed by atoms with Crippen LogP contribution in [0.25, 0.3) is 0 Å². The maximum Gasteiger partial charge on any atom is 0.344 e. The van der Waals surface area contributed by atoms with Gasteiger partial charge in [0, 0.05) is 12.2 Å². The summed E-state index contributed by atoms with van der Waals surface area (Å²) in [7, 11) is -3.64. The van der Waals surface area contributed by atoms with Gasteiger partial charge in [0.05, 0.1) is 19.8 Å². The molecule has 0 aliphatic carbocycles. The molecule has 0 spiro atoms. The predicted molar refractivity (Wildman–Crippen MR) is 114 cm³/mol. The van der Waals surface area contributed by atoms with E-state index >= 15 is 0 Å². The number of carbonyl (C=O) groups excluding carboxylic acids is 1. The van der Waals surface area contributed by atoms with Crippen LogP contribution in [0.5, 0.6) is 0 Å². The summed E-state index contributed by atoms with van der Waals surface area (Å²) in [5, 5.41) is 3.42. The fourth-order valence-electron chi connectivity index (χ4n) is 2.98. The Bertz CT molecular complexity index is 619. The average molecular weight is 413 g/mol. The molecule has 2 atom stereocenters. The molecular formula is C21H36NO5P. The first-order chi connectivity index (χ1) is 13.2. The fraction of sp³-hybridized carbons (Fsp3) is 0.667. The number of ether oxygens (including phenoxy) is 1. The molecule has 0 radical (unpaired) electrons. The van der Waals surface area contributed by atoms with Gasteiger partial charge >= 0.3 is 13.6 Å². The van der Waals surface area contributed by atoms with Crippen LogP contribution in [-0.2, 0) is 23.1 Å². The minimum atomic E-state index is -3.64. The monoisotopic (exact) mass is 413 g/mol. The van der Waals surface area contributed by atoms with E-state index in [2.05, 4.69) is 26.1 Å². The van der Waals surface area contributed by atoms with Gasteiger partial charge < -0.3 is 19.1 Å². The van der Waals surface area contributed by atoms with Crippen molar-refractivity contribution in [1.82, 2.24) is 0 Å². The van der Waals surface area contributed by atoms with Crippen molar-refractivity contribution < 1.29 is 23.1 Å². The van der Waals surface area contributed by atoms with Crippen LogP contribution in [-0.4, -0.2) is 38.0 Å². The van der Waals surface area contributed by atoms with E-state index < -0.39 is 19.2 Å². The number of anilines is 1. The summed E-state index contributed by atoms with van der Waals surface area (Å²) >= 11 is 0. The molecule has 0 saturated heterocycles. The third kappa shape index (κ3) is 7.57. The van der Waals surface area contributed by atoms with Crippen LogP contribution in [0.3, 0.4) is 0 Å². The maximum absolute atomic E-state index is 13.4. The van der Waals surface area contributed by atoms with Gasteiger partial charge in [-0.3, -0.25) is 9.36 Å². The van der Waals surface area contributed by atoms with Crippen molar-refractivity contribution in [3.63, 3.8) is 0 Å². The summed E-state index contributed by atoms with van der Waals surface area (Å²) in [6.45, 7) is 12.8. The molecule has 0 aliphatic heterocycles. The average Bonchev–Trinajstić information content (AvgIpc) is 2.62.